The highest BCUT2D eigenvalue weighted by molar-refractivity contribution is 9.09. The normalized spacial score (nSPS) is 9.08. The van der Waals surface area contributed by atoms with E-state index < -0.39 is 0 Å². The van der Waals surface area contributed by atoms with E-state index in [0.29, 0.717) is 0 Å². The predicted octanol–water partition coefficient (Wildman–Crippen LogP) is 2.71. The zero-order valence-electron chi connectivity index (χ0n) is 7.60. The number of aryl methyl sites for hydroxylation is 1. The molecule has 0 radical (unpaired) electrons. The van der Waals surface area contributed by atoms with Gasteiger partial charge in [-0.05, 0) is 30.7 Å². The Labute approximate surface area is 87.5 Å². The van der Waals surface area contributed by atoms with Gasteiger partial charge in [-0.3, -0.25) is 0 Å². The standard InChI is InChI=1S/C11H12BrN/c1-9-6-10(4-2-3-5-12)8-11(13)7-9/h6-8H,3,5,13H2,1H3. The highest BCUT2D eigenvalue weighted by atomic mass is 79.9. The van der Waals surface area contributed by atoms with Crippen LogP contribution < -0.4 is 5.73 Å². The third-order valence-electron chi connectivity index (χ3n) is 1.55. The van der Waals surface area contributed by atoms with Gasteiger partial charge in [0, 0.05) is 23.0 Å². The lowest BCUT2D eigenvalue weighted by Gasteiger charge is -1.97. The van der Waals surface area contributed by atoms with Crippen LogP contribution in [0.25, 0.3) is 0 Å². The van der Waals surface area contributed by atoms with E-state index in [1.165, 1.54) is 0 Å². The third-order valence-corrected chi connectivity index (χ3v) is 1.95. The summed E-state index contributed by atoms with van der Waals surface area (Å²) < 4.78 is 0. The fourth-order valence-electron chi connectivity index (χ4n) is 1.10. The molecule has 0 spiro atoms. The molecule has 2 heteroatoms. The number of nitrogen functional groups attached to an aromatic ring is 1. The van der Waals surface area contributed by atoms with Gasteiger partial charge in [-0.15, -0.1) is 0 Å². The van der Waals surface area contributed by atoms with Crippen molar-refractivity contribution in [2.24, 2.45) is 0 Å². The molecule has 0 aliphatic heterocycles. The fraction of sp³-hybridized carbons (Fsp3) is 0.273. The van der Waals surface area contributed by atoms with Crippen LogP contribution in [0.4, 0.5) is 5.69 Å². The number of rotatable bonds is 1. The molecule has 1 nitrogen and oxygen atoms in total. The fourth-order valence-corrected chi connectivity index (χ4v) is 1.29. The van der Waals surface area contributed by atoms with E-state index in [-0.39, 0.29) is 0 Å². The van der Waals surface area contributed by atoms with Crippen molar-refractivity contribution in [2.45, 2.75) is 13.3 Å². The molecule has 0 saturated heterocycles. The second-order valence-electron chi connectivity index (χ2n) is 2.87. The van der Waals surface area contributed by atoms with Crippen LogP contribution in [0.2, 0.25) is 0 Å². The summed E-state index contributed by atoms with van der Waals surface area (Å²) in [4.78, 5) is 0. The first-order valence-corrected chi connectivity index (χ1v) is 5.26. The number of halogens is 1. The highest BCUT2D eigenvalue weighted by Crippen LogP contribution is 2.09. The Morgan fingerprint density at radius 1 is 1.38 bits per heavy atom. The molecule has 0 unspecified atom stereocenters. The van der Waals surface area contributed by atoms with Gasteiger partial charge in [-0.25, -0.2) is 0 Å². The number of anilines is 1. The van der Waals surface area contributed by atoms with Gasteiger partial charge in [-0.1, -0.05) is 27.8 Å². The molecular formula is C11H12BrN. The zero-order chi connectivity index (χ0) is 9.68. The van der Waals surface area contributed by atoms with E-state index in [0.717, 1.165) is 28.6 Å². The van der Waals surface area contributed by atoms with Gasteiger partial charge in [0.25, 0.3) is 0 Å². The minimum Gasteiger partial charge on any atom is -0.399 e. The zero-order valence-corrected chi connectivity index (χ0v) is 9.19. The Morgan fingerprint density at radius 3 is 2.77 bits per heavy atom. The molecule has 0 fully saturated rings. The summed E-state index contributed by atoms with van der Waals surface area (Å²) in [7, 11) is 0. The lowest BCUT2D eigenvalue weighted by molar-refractivity contribution is 1.32. The van der Waals surface area contributed by atoms with Crippen LogP contribution in [0.15, 0.2) is 18.2 Å². The van der Waals surface area contributed by atoms with Crippen LogP contribution >= 0.6 is 15.9 Å². The summed E-state index contributed by atoms with van der Waals surface area (Å²) >= 11 is 3.32. The smallest absolute Gasteiger partial charge is 0.0329 e. The topological polar surface area (TPSA) is 26.0 Å². The first kappa shape index (κ1) is 10.1. The maximum Gasteiger partial charge on any atom is 0.0329 e. The van der Waals surface area contributed by atoms with Crippen molar-refractivity contribution >= 4 is 21.6 Å². The monoisotopic (exact) mass is 237 g/mol. The maximum atomic E-state index is 5.69. The number of nitrogens with two attached hydrogens (primary N) is 1. The van der Waals surface area contributed by atoms with Gasteiger partial charge in [0.05, 0.1) is 0 Å². The molecule has 1 aromatic rings. The van der Waals surface area contributed by atoms with E-state index in [1.807, 2.05) is 25.1 Å². The average Bonchev–Trinajstić information content (AvgIpc) is 2.03. The summed E-state index contributed by atoms with van der Waals surface area (Å²) in [6.07, 6.45) is 0.869. The number of hydrogen-bond acceptors (Lipinski definition) is 1. The molecule has 0 aromatic heterocycles. The minimum atomic E-state index is 0.781. The molecule has 0 heterocycles. The summed E-state index contributed by atoms with van der Waals surface area (Å²) in [5, 5.41) is 0.918. The predicted molar refractivity (Wildman–Crippen MR) is 60.9 cm³/mol. The largest absolute Gasteiger partial charge is 0.399 e. The minimum absolute atomic E-state index is 0.781. The van der Waals surface area contributed by atoms with Crippen LogP contribution in [0.1, 0.15) is 17.5 Å². The lowest BCUT2D eigenvalue weighted by atomic mass is 10.1. The number of benzene rings is 1. The second kappa shape index (κ2) is 4.94. The molecule has 1 aromatic carbocycles. The Kier molecular flexibility index (Phi) is 3.85. The first-order valence-electron chi connectivity index (χ1n) is 4.14. The van der Waals surface area contributed by atoms with Crippen molar-refractivity contribution < 1.29 is 0 Å². The van der Waals surface area contributed by atoms with E-state index in [9.17, 15) is 0 Å². The first-order chi connectivity index (χ1) is 6.22. The van der Waals surface area contributed by atoms with E-state index >= 15 is 0 Å². The molecule has 0 saturated carbocycles. The second-order valence-corrected chi connectivity index (χ2v) is 3.67. The van der Waals surface area contributed by atoms with Crippen molar-refractivity contribution in [3.8, 4) is 11.8 Å². The summed E-state index contributed by atoms with van der Waals surface area (Å²) in [5.41, 5.74) is 8.62. The molecule has 0 atom stereocenters. The molecule has 0 aliphatic rings. The molecular weight excluding hydrogens is 226 g/mol. The summed E-state index contributed by atoms with van der Waals surface area (Å²) in [6, 6.07) is 5.88. The van der Waals surface area contributed by atoms with E-state index in [1.54, 1.807) is 0 Å². The molecule has 0 amide bonds. The summed E-state index contributed by atoms with van der Waals surface area (Å²) in [5.74, 6) is 6.12. The van der Waals surface area contributed by atoms with Gasteiger partial charge in [-0.2, -0.15) is 0 Å². The van der Waals surface area contributed by atoms with Gasteiger partial charge in [0.2, 0.25) is 0 Å². The third kappa shape index (κ3) is 3.52. The van der Waals surface area contributed by atoms with Crippen molar-refractivity contribution in [1.82, 2.24) is 0 Å². The van der Waals surface area contributed by atoms with Crippen molar-refractivity contribution in [3.63, 3.8) is 0 Å². The van der Waals surface area contributed by atoms with Gasteiger partial charge >= 0.3 is 0 Å². The Morgan fingerprint density at radius 2 is 2.15 bits per heavy atom. The van der Waals surface area contributed by atoms with Crippen LogP contribution in [0.3, 0.4) is 0 Å². The quantitative estimate of drug-likeness (QED) is 0.454. The highest BCUT2D eigenvalue weighted by Gasteiger charge is 1.91. The molecule has 0 bridgehead atoms. The van der Waals surface area contributed by atoms with Gasteiger partial charge in [0.15, 0.2) is 0 Å². The van der Waals surface area contributed by atoms with Crippen molar-refractivity contribution in [1.29, 1.82) is 0 Å². The Bertz CT molecular complexity index is 327. The lowest BCUT2D eigenvalue weighted by Crippen LogP contribution is -1.87. The molecule has 0 aliphatic carbocycles. The maximum absolute atomic E-state index is 5.69. The molecule has 13 heavy (non-hydrogen) atoms. The Balaban J connectivity index is 2.85. The van der Waals surface area contributed by atoms with Crippen molar-refractivity contribution in [2.75, 3.05) is 11.1 Å². The molecule has 1 rings (SSSR count). The molecule has 2 N–H and O–H groups in total. The Hall–Kier alpha value is -0.940. The van der Waals surface area contributed by atoms with Gasteiger partial charge in [0.1, 0.15) is 0 Å². The van der Waals surface area contributed by atoms with Crippen LogP contribution in [0.5, 0.6) is 0 Å². The average molecular weight is 238 g/mol. The SMILES string of the molecule is Cc1cc(N)cc(C#CCCBr)c1. The van der Waals surface area contributed by atoms with Crippen molar-refractivity contribution in [3.05, 3.63) is 29.3 Å². The van der Waals surface area contributed by atoms with E-state index in [4.69, 9.17) is 5.73 Å². The summed E-state index contributed by atoms with van der Waals surface area (Å²) in [6.45, 7) is 2.02. The number of hydrogen-bond donors (Lipinski definition) is 1. The van der Waals surface area contributed by atoms with Gasteiger partial charge < -0.3 is 5.73 Å². The van der Waals surface area contributed by atoms with E-state index in [2.05, 4.69) is 27.8 Å². The van der Waals surface area contributed by atoms with Crippen LogP contribution in [-0.4, -0.2) is 5.33 Å². The van der Waals surface area contributed by atoms with Crippen LogP contribution in [0, 0.1) is 18.8 Å². The van der Waals surface area contributed by atoms with Crippen LogP contribution in [-0.2, 0) is 0 Å². The number of alkyl halides is 1. The molecule has 68 valence electrons.